The first-order chi connectivity index (χ1) is 12.5. The molecule has 1 aliphatic rings. The molecule has 0 unspecified atom stereocenters. The van der Waals surface area contributed by atoms with Crippen molar-refractivity contribution in [3.05, 3.63) is 52.0 Å². The Morgan fingerprint density at radius 3 is 2.54 bits per heavy atom. The molecule has 3 rings (SSSR count). The van der Waals surface area contributed by atoms with E-state index < -0.39 is 0 Å². The molecular weight excluding hydrogens is 375 g/mol. The van der Waals surface area contributed by atoms with Crippen LogP contribution in [0.2, 0.25) is 10.0 Å². The maximum absolute atomic E-state index is 12.2. The zero-order valence-electron chi connectivity index (χ0n) is 14.4. The van der Waals surface area contributed by atoms with Gasteiger partial charge in [-0.2, -0.15) is 0 Å². The number of para-hydroxylation sites is 1. The molecular formula is C19H20Cl2N2O3. The van der Waals surface area contributed by atoms with Crippen molar-refractivity contribution in [3.63, 3.8) is 0 Å². The summed E-state index contributed by atoms with van der Waals surface area (Å²) >= 11 is 12.1. The summed E-state index contributed by atoms with van der Waals surface area (Å²) in [4.78, 5) is 14.2. The first kappa shape index (κ1) is 18.8. The molecule has 1 heterocycles. The average Bonchev–Trinajstić information content (AvgIpc) is 2.63. The fraction of sp³-hybridized carbons (Fsp3) is 0.316. The lowest BCUT2D eigenvalue weighted by atomic mass is 10.2. The van der Waals surface area contributed by atoms with Crippen LogP contribution in [-0.2, 0) is 11.3 Å². The molecule has 5 nitrogen and oxygen atoms in total. The molecule has 0 aromatic heterocycles. The third-order valence-electron chi connectivity index (χ3n) is 4.01. The van der Waals surface area contributed by atoms with Crippen LogP contribution in [-0.4, -0.2) is 37.6 Å². The molecule has 7 heteroatoms. The molecule has 0 fully saturated rings. The number of nitrogens with one attached hydrogen (secondary N) is 1. The van der Waals surface area contributed by atoms with Crippen molar-refractivity contribution < 1.29 is 14.3 Å². The molecule has 0 saturated heterocycles. The predicted octanol–water partition coefficient (Wildman–Crippen LogP) is 4.23. The third kappa shape index (κ3) is 4.81. The van der Waals surface area contributed by atoms with Crippen LogP contribution in [0.3, 0.4) is 0 Å². The minimum atomic E-state index is -0.131. The van der Waals surface area contributed by atoms with Gasteiger partial charge in [0.2, 0.25) is 5.91 Å². The zero-order valence-corrected chi connectivity index (χ0v) is 15.9. The van der Waals surface area contributed by atoms with Crippen LogP contribution in [0.15, 0.2) is 36.4 Å². The lowest BCUT2D eigenvalue weighted by Gasteiger charge is -2.21. The van der Waals surface area contributed by atoms with E-state index in [-0.39, 0.29) is 5.91 Å². The molecule has 26 heavy (non-hydrogen) atoms. The second-order valence-corrected chi connectivity index (χ2v) is 6.93. The van der Waals surface area contributed by atoms with Gasteiger partial charge in [-0.1, -0.05) is 35.3 Å². The van der Waals surface area contributed by atoms with E-state index in [0.29, 0.717) is 48.5 Å². The Hall–Kier alpha value is -1.95. The normalized spacial score (nSPS) is 12.9. The van der Waals surface area contributed by atoms with E-state index in [9.17, 15) is 4.79 Å². The van der Waals surface area contributed by atoms with Crippen LogP contribution in [0.4, 0.5) is 5.69 Å². The third-order valence-corrected chi connectivity index (χ3v) is 4.64. The van der Waals surface area contributed by atoms with E-state index in [1.807, 2.05) is 25.2 Å². The van der Waals surface area contributed by atoms with Gasteiger partial charge in [0.1, 0.15) is 13.2 Å². The van der Waals surface area contributed by atoms with Gasteiger partial charge >= 0.3 is 0 Å². The minimum Gasteiger partial charge on any atom is -0.486 e. The Bertz CT molecular complexity index is 778. The largest absolute Gasteiger partial charge is 0.486 e. The van der Waals surface area contributed by atoms with E-state index in [1.165, 1.54) is 0 Å². The summed E-state index contributed by atoms with van der Waals surface area (Å²) in [5.74, 6) is 1.42. The molecule has 1 amide bonds. The van der Waals surface area contributed by atoms with Crippen molar-refractivity contribution in [2.75, 3.05) is 32.1 Å². The Kier molecular flexibility index (Phi) is 6.25. The maximum atomic E-state index is 12.2. The van der Waals surface area contributed by atoms with E-state index in [0.717, 1.165) is 17.1 Å². The highest BCUT2D eigenvalue weighted by molar-refractivity contribution is 6.39. The number of anilines is 1. The zero-order chi connectivity index (χ0) is 18.5. The number of carbonyl (C=O) groups excluding carboxylic acids is 1. The van der Waals surface area contributed by atoms with Crippen molar-refractivity contribution in [2.24, 2.45) is 0 Å². The van der Waals surface area contributed by atoms with Crippen molar-refractivity contribution in [3.8, 4) is 11.5 Å². The summed E-state index contributed by atoms with van der Waals surface area (Å²) in [6, 6.07) is 11.0. The second-order valence-electron chi connectivity index (χ2n) is 6.11. The van der Waals surface area contributed by atoms with E-state index in [1.54, 1.807) is 18.2 Å². The number of hydrogen-bond donors (Lipinski definition) is 1. The monoisotopic (exact) mass is 394 g/mol. The molecule has 138 valence electrons. The number of nitrogens with zero attached hydrogens (tertiary/aromatic N) is 1. The summed E-state index contributed by atoms with van der Waals surface area (Å²) in [7, 11) is 1.96. The number of rotatable bonds is 6. The van der Waals surface area contributed by atoms with Gasteiger partial charge in [0.15, 0.2) is 11.5 Å². The molecule has 0 saturated carbocycles. The Morgan fingerprint density at radius 2 is 1.81 bits per heavy atom. The van der Waals surface area contributed by atoms with E-state index >= 15 is 0 Å². The molecule has 2 aromatic carbocycles. The standard InChI is InChI=1S/C19H20Cl2N2O3/c1-23(12-13-5-6-16-17(11-13)26-10-9-25-16)8-7-18(24)22-19-14(20)3-2-4-15(19)21/h2-6,11H,7-10,12H2,1H3,(H,22,24). The van der Waals surface area contributed by atoms with Crippen LogP contribution in [0.5, 0.6) is 11.5 Å². The minimum absolute atomic E-state index is 0.131. The molecule has 1 aliphatic heterocycles. The van der Waals surface area contributed by atoms with Crippen molar-refractivity contribution in [1.29, 1.82) is 0 Å². The lowest BCUT2D eigenvalue weighted by molar-refractivity contribution is -0.116. The van der Waals surface area contributed by atoms with Crippen LogP contribution in [0.1, 0.15) is 12.0 Å². The topological polar surface area (TPSA) is 50.8 Å². The first-order valence-corrected chi connectivity index (χ1v) is 9.09. The summed E-state index contributed by atoms with van der Waals surface area (Å²) in [6.07, 6.45) is 0.336. The average molecular weight is 395 g/mol. The first-order valence-electron chi connectivity index (χ1n) is 8.34. The number of fused-ring (bicyclic) bond motifs is 1. The SMILES string of the molecule is CN(CCC(=O)Nc1c(Cl)cccc1Cl)Cc1ccc2c(c1)OCCO2. The van der Waals surface area contributed by atoms with Crippen molar-refractivity contribution in [1.82, 2.24) is 4.90 Å². The predicted molar refractivity (Wildman–Crippen MR) is 103 cm³/mol. The lowest BCUT2D eigenvalue weighted by Crippen LogP contribution is -2.24. The number of carbonyl (C=O) groups is 1. The van der Waals surface area contributed by atoms with Crippen molar-refractivity contribution >= 4 is 34.8 Å². The molecule has 0 atom stereocenters. The molecule has 0 aliphatic carbocycles. The van der Waals surface area contributed by atoms with Gasteiger partial charge in [-0.25, -0.2) is 0 Å². The molecule has 2 aromatic rings. The molecule has 0 spiro atoms. The van der Waals surface area contributed by atoms with Crippen molar-refractivity contribution in [2.45, 2.75) is 13.0 Å². The smallest absolute Gasteiger partial charge is 0.225 e. The van der Waals surface area contributed by atoms with Gasteiger partial charge in [-0.3, -0.25) is 4.79 Å². The van der Waals surface area contributed by atoms with Gasteiger partial charge in [0.25, 0.3) is 0 Å². The highest BCUT2D eigenvalue weighted by Crippen LogP contribution is 2.31. The molecule has 0 radical (unpaired) electrons. The maximum Gasteiger partial charge on any atom is 0.225 e. The molecule has 0 bridgehead atoms. The van der Waals surface area contributed by atoms with Gasteiger partial charge in [0, 0.05) is 19.5 Å². The van der Waals surface area contributed by atoms with Crippen LogP contribution < -0.4 is 14.8 Å². The Labute approximate surface area is 162 Å². The van der Waals surface area contributed by atoms with Crippen LogP contribution in [0, 0.1) is 0 Å². The fourth-order valence-corrected chi connectivity index (χ4v) is 3.18. The van der Waals surface area contributed by atoms with E-state index in [2.05, 4.69) is 10.2 Å². The van der Waals surface area contributed by atoms with Crippen LogP contribution in [0.25, 0.3) is 0 Å². The number of amides is 1. The summed E-state index contributed by atoms with van der Waals surface area (Å²) in [5, 5.41) is 3.63. The summed E-state index contributed by atoms with van der Waals surface area (Å²) in [6.45, 7) is 2.45. The number of benzene rings is 2. The Morgan fingerprint density at radius 1 is 1.12 bits per heavy atom. The Balaban J connectivity index is 1.51. The van der Waals surface area contributed by atoms with Gasteiger partial charge in [-0.15, -0.1) is 0 Å². The fourth-order valence-electron chi connectivity index (χ4n) is 2.69. The number of ether oxygens (including phenoxy) is 2. The summed E-state index contributed by atoms with van der Waals surface area (Å²) < 4.78 is 11.1. The highest BCUT2D eigenvalue weighted by atomic mass is 35.5. The quantitative estimate of drug-likeness (QED) is 0.796. The molecule has 1 N–H and O–H groups in total. The van der Waals surface area contributed by atoms with Gasteiger partial charge in [0.05, 0.1) is 15.7 Å². The number of hydrogen-bond acceptors (Lipinski definition) is 4. The summed E-state index contributed by atoms with van der Waals surface area (Å²) in [5.41, 5.74) is 1.56. The highest BCUT2D eigenvalue weighted by Gasteiger charge is 2.13. The van der Waals surface area contributed by atoms with E-state index in [4.69, 9.17) is 32.7 Å². The second kappa shape index (κ2) is 8.62. The van der Waals surface area contributed by atoms with Crippen LogP contribution >= 0.6 is 23.2 Å². The van der Waals surface area contributed by atoms with Gasteiger partial charge in [-0.05, 0) is 36.9 Å². The van der Waals surface area contributed by atoms with Gasteiger partial charge < -0.3 is 19.7 Å². The number of halogens is 2.